The normalized spacial score (nSPS) is 15.2. The summed E-state index contributed by atoms with van der Waals surface area (Å²) >= 11 is 3.28. The number of barbiturate groups is 1. The molecule has 3 rings (SSSR count). The van der Waals surface area contributed by atoms with Gasteiger partial charge in [0.2, 0.25) is 0 Å². The minimum atomic E-state index is -1.18. The van der Waals surface area contributed by atoms with Crippen LogP contribution in [-0.2, 0) is 14.4 Å². The average Bonchev–Trinajstić information content (AvgIpc) is 2.70. The summed E-state index contributed by atoms with van der Waals surface area (Å²) in [5, 5.41) is 11.0. The van der Waals surface area contributed by atoms with Crippen LogP contribution in [0.2, 0.25) is 0 Å². The van der Waals surface area contributed by atoms with Crippen LogP contribution in [0.5, 0.6) is 11.5 Å². The maximum Gasteiger partial charge on any atom is 0.341 e. The number of urea groups is 1. The number of carbonyl (C=O) groups is 4. The highest BCUT2D eigenvalue weighted by Crippen LogP contribution is 2.28. The minimum Gasteiger partial charge on any atom is -0.497 e. The zero-order chi connectivity index (χ0) is 21.8. The second-order valence-corrected chi connectivity index (χ2v) is 6.94. The molecule has 4 amide bonds. The molecule has 2 aromatic carbocycles. The quantitative estimate of drug-likeness (QED) is 0.487. The molecule has 1 aliphatic rings. The van der Waals surface area contributed by atoms with Crippen molar-refractivity contribution in [2.24, 2.45) is 0 Å². The van der Waals surface area contributed by atoms with Crippen LogP contribution >= 0.6 is 15.9 Å². The van der Waals surface area contributed by atoms with E-state index in [9.17, 15) is 19.2 Å². The Balaban J connectivity index is 2.00. The lowest BCUT2D eigenvalue weighted by Gasteiger charge is -2.26. The second kappa shape index (κ2) is 8.78. The third-order valence-corrected chi connectivity index (χ3v) is 4.55. The molecule has 1 fully saturated rings. The van der Waals surface area contributed by atoms with Gasteiger partial charge in [0.05, 0.1) is 12.8 Å². The van der Waals surface area contributed by atoms with E-state index >= 15 is 0 Å². The number of benzene rings is 2. The fraction of sp³-hybridized carbons (Fsp3) is 0.100. The van der Waals surface area contributed by atoms with Crippen LogP contribution < -0.4 is 19.7 Å². The highest BCUT2D eigenvalue weighted by Gasteiger charge is 2.37. The van der Waals surface area contributed by atoms with Crippen LogP contribution in [-0.4, -0.2) is 42.6 Å². The molecule has 0 aliphatic carbocycles. The first-order valence-electron chi connectivity index (χ1n) is 8.50. The lowest BCUT2D eigenvalue weighted by molar-refractivity contribution is -0.139. The highest BCUT2D eigenvalue weighted by atomic mass is 79.9. The molecule has 10 heteroatoms. The van der Waals surface area contributed by atoms with Gasteiger partial charge in [0, 0.05) is 10.0 Å². The molecular weight excluding hydrogens is 460 g/mol. The van der Waals surface area contributed by atoms with E-state index in [1.54, 1.807) is 24.3 Å². The Morgan fingerprint density at radius 1 is 1.17 bits per heavy atom. The maximum absolute atomic E-state index is 13.0. The molecule has 0 spiro atoms. The number of carbonyl (C=O) groups excluding carboxylic acids is 3. The Morgan fingerprint density at radius 3 is 2.50 bits per heavy atom. The van der Waals surface area contributed by atoms with Crippen molar-refractivity contribution < 1.29 is 33.8 Å². The van der Waals surface area contributed by atoms with E-state index in [-0.39, 0.29) is 22.6 Å². The van der Waals surface area contributed by atoms with Gasteiger partial charge in [-0.25, -0.2) is 14.5 Å². The number of hydrogen-bond acceptors (Lipinski definition) is 6. The van der Waals surface area contributed by atoms with Crippen molar-refractivity contribution >= 4 is 51.5 Å². The van der Waals surface area contributed by atoms with Gasteiger partial charge in [0.1, 0.15) is 17.1 Å². The van der Waals surface area contributed by atoms with E-state index < -0.39 is 30.4 Å². The summed E-state index contributed by atoms with van der Waals surface area (Å²) in [4.78, 5) is 49.2. The number of aliphatic carboxylic acids is 1. The number of methoxy groups -OCH3 is 1. The number of rotatable bonds is 6. The zero-order valence-electron chi connectivity index (χ0n) is 15.5. The van der Waals surface area contributed by atoms with Gasteiger partial charge >= 0.3 is 12.0 Å². The summed E-state index contributed by atoms with van der Waals surface area (Å²) in [5.74, 6) is -2.21. The Morgan fingerprint density at radius 2 is 1.87 bits per heavy atom. The molecule has 9 nitrogen and oxygen atoms in total. The van der Waals surface area contributed by atoms with Crippen LogP contribution in [0.4, 0.5) is 10.5 Å². The number of carboxylic acid groups (broad SMARTS) is 1. The van der Waals surface area contributed by atoms with Crippen LogP contribution in [0.15, 0.2) is 52.5 Å². The Bertz CT molecular complexity index is 1060. The summed E-state index contributed by atoms with van der Waals surface area (Å²) in [7, 11) is 1.48. The van der Waals surface area contributed by atoms with Crippen LogP contribution in [0.3, 0.4) is 0 Å². The number of halogens is 1. The van der Waals surface area contributed by atoms with E-state index in [0.717, 1.165) is 4.90 Å². The molecule has 154 valence electrons. The molecule has 1 heterocycles. The molecule has 0 atom stereocenters. The fourth-order valence-electron chi connectivity index (χ4n) is 2.68. The van der Waals surface area contributed by atoms with E-state index in [2.05, 4.69) is 21.2 Å². The summed E-state index contributed by atoms with van der Waals surface area (Å²) in [5.41, 5.74) is 0.213. The second-order valence-electron chi connectivity index (χ2n) is 6.02. The number of nitrogens with zero attached hydrogens (tertiary/aromatic N) is 1. The fourth-order valence-corrected chi connectivity index (χ4v) is 3.06. The van der Waals surface area contributed by atoms with Crippen molar-refractivity contribution in [2.45, 2.75) is 0 Å². The van der Waals surface area contributed by atoms with Gasteiger partial charge in [0.25, 0.3) is 11.8 Å². The first kappa shape index (κ1) is 21.1. The van der Waals surface area contributed by atoms with Crippen molar-refractivity contribution in [1.29, 1.82) is 0 Å². The molecular formula is C20H15BrN2O7. The van der Waals surface area contributed by atoms with Gasteiger partial charge < -0.3 is 14.6 Å². The minimum absolute atomic E-state index is 0.154. The number of carboxylic acids is 1. The molecule has 0 radical (unpaired) electrons. The van der Waals surface area contributed by atoms with Crippen molar-refractivity contribution in [3.05, 3.63) is 58.1 Å². The SMILES string of the molecule is COc1ccc(N2C(=O)NC(=O)C(=Cc3cc(Br)ccc3OCC(=O)O)C2=O)cc1. The zero-order valence-corrected chi connectivity index (χ0v) is 17.1. The monoisotopic (exact) mass is 474 g/mol. The Hall–Kier alpha value is -3.66. The van der Waals surface area contributed by atoms with Crippen LogP contribution in [0.25, 0.3) is 6.08 Å². The topological polar surface area (TPSA) is 122 Å². The van der Waals surface area contributed by atoms with E-state index in [1.165, 1.54) is 31.4 Å². The molecule has 0 aromatic heterocycles. The predicted molar refractivity (Wildman–Crippen MR) is 109 cm³/mol. The van der Waals surface area contributed by atoms with Gasteiger partial charge in [-0.1, -0.05) is 15.9 Å². The largest absolute Gasteiger partial charge is 0.497 e. The summed E-state index contributed by atoms with van der Waals surface area (Å²) in [6.45, 7) is -0.603. The van der Waals surface area contributed by atoms with Crippen LogP contribution in [0.1, 0.15) is 5.56 Å². The van der Waals surface area contributed by atoms with Crippen molar-refractivity contribution in [2.75, 3.05) is 18.6 Å². The lowest BCUT2D eigenvalue weighted by Crippen LogP contribution is -2.54. The third-order valence-electron chi connectivity index (χ3n) is 4.06. The van der Waals surface area contributed by atoms with Crippen molar-refractivity contribution in [1.82, 2.24) is 5.32 Å². The summed E-state index contributed by atoms with van der Waals surface area (Å²) in [6, 6.07) is 9.94. The average molecular weight is 475 g/mol. The number of imide groups is 2. The van der Waals surface area contributed by atoms with Crippen molar-refractivity contribution in [3.63, 3.8) is 0 Å². The first-order chi connectivity index (χ1) is 14.3. The first-order valence-corrected chi connectivity index (χ1v) is 9.29. The van der Waals surface area contributed by atoms with Gasteiger partial charge in [-0.3, -0.25) is 14.9 Å². The van der Waals surface area contributed by atoms with E-state index in [0.29, 0.717) is 10.2 Å². The smallest absolute Gasteiger partial charge is 0.341 e. The van der Waals surface area contributed by atoms with E-state index in [1.807, 2.05) is 0 Å². The molecule has 1 saturated heterocycles. The molecule has 2 aromatic rings. The number of amides is 4. The van der Waals surface area contributed by atoms with Gasteiger partial charge in [-0.2, -0.15) is 0 Å². The highest BCUT2D eigenvalue weighted by molar-refractivity contribution is 9.10. The Kier molecular flexibility index (Phi) is 6.17. The Labute approximate surface area is 179 Å². The number of nitrogens with one attached hydrogen (secondary N) is 1. The van der Waals surface area contributed by atoms with E-state index in [4.69, 9.17) is 14.6 Å². The molecule has 0 bridgehead atoms. The molecule has 0 unspecified atom stereocenters. The molecule has 0 saturated carbocycles. The summed E-state index contributed by atoms with van der Waals surface area (Å²) in [6.07, 6.45) is 1.24. The number of ether oxygens (including phenoxy) is 2. The lowest BCUT2D eigenvalue weighted by atomic mass is 10.1. The third kappa shape index (κ3) is 4.49. The number of hydrogen-bond donors (Lipinski definition) is 2. The van der Waals surface area contributed by atoms with Gasteiger partial charge in [-0.15, -0.1) is 0 Å². The molecule has 30 heavy (non-hydrogen) atoms. The summed E-state index contributed by atoms with van der Waals surface area (Å²) < 4.78 is 10.9. The molecule has 2 N–H and O–H groups in total. The maximum atomic E-state index is 13.0. The predicted octanol–water partition coefficient (Wildman–Crippen LogP) is 2.59. The standard InChI is InChI=1S/C20H15BrN2O7/c1-29-14-5-3-13(4-6-14)23-19(27)15(18(26)22-20(23)28)9-11-8-12(21)2-7-16(11)30-10-17(24)25/h2-9H,10H2,1H3,(H,24,25)(H,22,26,28). The molecule has 1 aliphatic heterocycles. The number of anilines is 1. The van der Waals surface area contributed by atoms with Gasteiger partial charge in [0.15, 0.2) is 6.61 Å². The van der Waals surface area contributed by atoms with Crippen molar-refractivity contribution in [3.8, 4) is 11.5 Å². The van der Waals surface area contributed by atoms with Crippen LogP contribution in [0, 0.1) is 0 Å². The van der Waals surface area contributed by atoms with Gasteiger partial charge in [-0.05, 0) is 48.5 Å².